The maximum absolute atomic E-state index is 10.8. The van der Waals surface area contributed by atoms with Gasteiger partial charge in [0.1, 0.15) is 0 Å². The molecule has 1 aromatic heterocycles. The molecule has 0 aliphatic carbocycles. The van der Waals surface area contributed by atoms with Gasteiger partial charge in [-0.25, -0.2) is 9.89 Å². The van der Waals surface area contributed by atoms with Crippen molar-refractivity contribution in [2.24, 2.45) is 0 Å². The van der Waals surface area contributed by atoms with Crippen molar-refractivity contribution in [2.45, 2.75) is 6.92 Å². The van der Waals surface area contributed by atoms with Gasteiger partial charge in [-0.15, -0.1) is 5.10 Å². The fourth-order valence-electron chi connectivity index (χ4n) is 0.510. The first-order chi connectivity index (χ1) is 5.24. The molecule has 0 saturated carbocycles. The van der Waals surface area contributed by atoms with Gasteiger partial charge in [-0.3, -0.25) is 0 Å². The molecule has 1 aromatic rings. The van der Waals surface area contributed by atoms with Crippen molar-refractivity contribution in [1.82, 2.24) is 10.2 Å². The number of nitrogens with one attached hydrogen (secondary N) is 1. The van der Waals surface area contributed by atoms with Crippen LogP contribution in [0.1, 0.15) is 17.6 Å². The van der Waals surface area contributed by atoms with Crippen LogP contribution < -0.4 is 0 Å². The van der Waals surface area contributed by atoms with E-state index in [1.165, 1.54) is 0 Å². The molecule has 0 aromatic carbocycles. The van der Waals surface area contributed by atoms with Gasteiger partial charge in [0, 0.05) is 0 Å². The van der Waals surface area contributed by atoms with Crippen LogP contribution in [0.25, 0.3) is 0 Å². The van der Waals surface area contributed by atoms with Crippen LogP contribution in [0.5, 0.6) is 0 Å². The zero-order chi connectivity index (χ0) is 8.27. The number of H-pyrrole nitrogens is 1. The molecule has 12 heavy (non-hydrogen) atoms. The first kappa shape index (κ1) is 12.5. The molecule has 0 fully saturated rings. The molecule has 0 bridgehead atoms. The molecule has 0 spiro atoms. The summed E-state index contributed by atoms with van der Waals surface area (Å²) >= 11 is 4.54. The summed E-state index contributed by atoms with van der Waals surface area (Å²) in [5.74, 6) is -0.753. The van der Waals surface area contributed by atoms with Gasteiger partial charge >= 0.3 is 63.2 Å². The molecule has 0 atom stereocenters. The molecule has 0 aliphatic rings. The average Bonchev–Trinajstić information content (AvgIpc) is 2.36. The summed E-state index contributed by atoms with van der Waals surface area (Å²) in [7, 11) is 0. The minimum absolute atomic E-state index is 0. The number of aromatic nitrogens is 2. The Balaban J connectivity index is 0.00000121. The summed E-state index contributed by atoms with van der Waals surface area (Å²) in [6.45, 7) is 1.98. The van der Waals surface area contributed by atoms with Gasteiger partial charge < -0.3 is 9.15 Å². The molecule has 62 valence electrons. The van der Waals surface area contributed by atoms with Crippen LogP contribution in [0.4, 0.5) is 0 Å². The van der Waals surface area contributed by atoms with Gasteiger partial charge in [-0.1, -0.05) is 0 Å². The number of hydrogen-bond acceptors (Lipinski definition) is 5. The Hall–Kier alpha value is 0.466. The quantitative estimate of drug-likeness (QED) is 0.434. The number of nitrogens with zero attached hydrogens (tertiary/aromatic N) is 1. The minimum atomic E-state index is -0.611. The van der Waals surface area contributed by atoms with E-state index in [9.17, 15) is 4.79 Å². The summed E-state index contributed by atoms with van der Waals surface area (Å²) in [4.78, 5) is 10.9. The van der Waals surface area contributed by atoms with Crippen molar-refractivity contribution >= 4 is 69.6 Å². The number of aromatic amines is 1. The Morgan fingerprint density at radius 3 is 2.92 bits per heavy atom. The summed E-state index contributed by atoms with van der Waals surface area (Å²) in [6.07, 6.45) is 0. The fraction of sp³-hybridized carbons (Fsp3) is 0.400. The van der Waals surface area contributed by atoms with Crippen LogP contribution >= 0.6 is 12.2 Å². The summed E-state index contributed by atoms with van der Waals surface area (Å²) in [5, 5.41) is 5.77. The summed E-state index contributed by atoms with van der Waals surface area (Å²) in [6, 6.07) is 0. The van der Waals surface area contributed by atoms with Crippen molar-refractivity contribution in [2.75, 3.05) is 6.61 Å². The molecule has 0 saturated heterocycles. The molecule has 1 rings (SSSR count). The Morgan fingerprint density at radius 2 is 2.50 bits per heavy atom. The normalized spacial score (nSPS) is 8.75. The van der Waals surface area contributed by atoms with Gasteiger partial charge in [-0.2, -0.15) is 0 Å². The zero-order valence-corrected chi connectivity index (χ0v) is 6.60. The van der Waals surface area contributed by atoms with Gasteiger partial charge in [0.25, 0.3) is 4.84 Å². The number of ether oxygens (including phenoxy) is 1. The summed E-state index contributed by atoms with van der Waals surface area (Å²) < 4.78 is 9.25. The van der Waals surface area contributed by atoms with E-state index in [0.29, 0.717) is 0 Å². The van der Waals surface area contributed by atoms with Gasteiger partial charge in [-0.05, 0) is 19.1 Å². The van der Waals surface area contributed by atoms with Crippen molar-refractivity contribution < 1.29 is 13.9 Å². The van der Waals surface area contributed by atoms with E-state index in [4.69, 9.17) is 0 Å². The van der Waals surface area contributed by atoms with Crippen molar-refractivity contribution in [3.8, 4) is 0 Å². The Labute approximate surface area is 116 Å². The van der Waals surface area contributed by atoms with Crippen LogP contribution in [-0.4, -0.2) is 74.2 Å². The van der Waals surface area contributed by atoms with Crippen molar-refractivity contribution in [3.63, 3.8) is 0 Å². The van der Waals surface area contributed by atoms with E-state index >= 15 is 0 Å². The van der Waals surface area contributed by atoms with E-state index in [1.54, 1.807) is 6.92 Å². The second-order valence-electron chi connectivity index (χ2n) is 1.64. The van der Waals surface area contributed by atoms with Gasteiger partial charge in [0.05, 0.1) is 6.61 Å². The standard InChI is InChI=1S/C5H6N2O3S.K.H/c1-2-9-4(8)3-6-7-5(11)10-3;;/h2H2,1H3,(H,7,11);;. The van der Waals surface area contributed by atoms with E-state index in [2.05, 4.69) is 31.6 Å². The second kappa shape index (κ2) is 6.00. The number of esters is 1. The first-order valence-corrected chi connectivity index (χ1v) is 3.37. The average molecular weight is 214 g/mol. The summed E-state index contributed by atoms with van der Waals surface area (Å²) in [5.41, 5.74) is 0. The third kappa shape index (κ3) is 3.46. The Morgan fingerprint density at radius 1 is 1.83 bits per heavy atom. The van der Waals surface area contributed by atoms with E-state index in [1.807, 2.05) is 0 Å². The third-order valence-electron chi connectivity index (χ3n) is 0.888. The predicted octanol–water partition coefficient (Wildman–Crippen LogP) is 0.260. The SMILES string of the molecule is CCOC(=O)c1n[nH]c(=S)o1.[KH]. The molecule has 0 radical (unpaired) electrons. The molecule has 0 unspecified atom stereocenters. The van der Waals surface area contributed by atoms with E-state index < -0.39 is 5.97 Å². The van der Waals surface area contributed by atoms with Crippen molar-refractivity contribution in [1.29, 1.82) is 0 Å². The molecule has 1 N–H and O–H groups in total. The molecule has 1 heterocycles. The molecule has 5 nitrogen and oxygen atoms in total. The topological polar surface area (TPSA) is 68.1 Å². The predicted molar refractivity (Wildman–Crippen MR) is 44.8 cm³/mol. The zero-order valence-electron chi connectivity index (χ0n) is 5.79. The van der Waals surface area contributed by atoms with Crippen LogP contribution in [0, 0.1) is 4.84 Å². The first-order valence-electron chi connectivity index (χ1n) is 2.96. The van der Waals surface area contributed by atoms with Crippen LogP contribution in [0.15, 0.2) is 4.42 Å². The number of rotatable bonds is 2. The number of carbonyl (C=O) groups is 1. The number of carbonyl (C=O) groups excluding carboxylic acids is 1. The molecule has 0 amide bonds. The fourth-order valence-corrected chi connectivity index (χ4v) is 0.635. The number of hydrogen-bond donors (Lipinski definition) is 1. The van der Waals surface area contributed by atoms with E-state index in [-0.39, 0.29) is 68.7 Å². The van der Waals surface area contributed by atoms with Crippen LogP contribution in [-0.2, 0) is 4.74 Å². The molecular weight excluding hydrogens is 207 g/mol. The van der Waals surface area contributed by atoms with Crippen LogP contribution in [0.3, 0.4) is 0 Å². The Bertz CT molecular complexity index is 308. The van der Waals surface area contributed by atoms with Crippen LogP contribution in [0.2, 0.25) is 0 Å². The van der Waals surface area contributed by atoms with Gasteiger partial charge in [0.2, 0.25) is 0 Å². The van der Waals surface area contributed by atoms with E-state index in [0.717, 1.165) is 0 Å². The van der Waals surface area contributed by atoms with Gasteiger partial charge in [0.15, 0.2) is 0 Å². The molecule has 7 heteroatoms. The molecule has 0 aliphatic heterocycles. The Kier molecular flexibility index (Phi) is 6.24. The third-order valence-corrected chi connectivity index (χ3v) is 1.06. The monoisotopic (exact) mass is 214 g/mol. The molecular formula is C5H7KN2O3S. The second-order valence-corrected chi connectivity index (χ2v) is 2.01. The van der Waals surface area contributed by atoms with Crippen molar-refractivity contribution in [3.05, 3.63) is 10.7 Å². The maximum atomic E-state index is 10.8.